The smallest absolute Gasteiger partial charge is 0.261 e. The summed E-state index contributed by atoms with van der Waals surface area (Å²) in [5.41, 5.74) is 3.05. The topological polar surface area (TPSA) is 41.6 Å². The molecule has 1 amide bonds. The summed E-state index contributed by atoms with van der Waals surface area (Å²) in [5.74, 6) is 1.96. The highest BCUT2D eigenvalue weighted by atomic mass is 35.5. The zero-order chi connectivity index (χ0) is 24.7. The quantitative estimate of drug-likeness (QED) is 0.359. The third-order valence-corrected chi connectivity index (χ3v) is 7.35. The van der Waals surface area contributed by atoms with Crippen LogP contribution in [0.5, 0.6) is 5.75 Å². The van der Waals surface area contributed by atoms with E-state index in [4.69, 9.17) is 27.9 Å². The number of halogens is 2. The van der Waals surface area contributed by atoms with E-state index >= 15 is 0 Å². The maximum atomic E-state index is 12.2. The first kappa shape index (κ1) is 27.2. The standard InChI is InChI=1S/C25H30Cl2N2O2S.C2H6/c1-16(20-11-21(26)14-22(27)12-20)29-9-7-17(8-10-29)15-31-24-6-5-19(25(30)28-32-2)13-23(24)18-3-4-18;1-2/h5-6,11-14,16-18H,3-4,7-10,15H2,1-2H3,(H,28,30);1-2H3. The molecule has 4 nitrogen and oxygen atoms in total. The van der Waals surface area contributed by atoms with Crippen molar-refractivity contribution in [2.75, 3.05) is 26.0 Å². The van der Waals surface area contributed by atoms with Crippen molar-refractivity contribution in [1.29, 1.82) is 0 Å². The Hall–Kier alpha value is -1.40. The van der Waals surface area contributed by atoms with E-state index in [0.29, 0.717) is 27.4 Å². The lowest BCUT2D eigenvalue weighted by Gasteiger charge is -2.36. The van der Waals surface area contributed by atoms with Gasteiger partial charge in [-0.3, -0.25) is 14.4 Å². The minimum Gasteiger partial charge on any atom is -0.493 e. The molecule has 7 heteroatoms. The van der Waals surface area contributed by atoms with Crippen LogP contribution in [0.2, 0.25) is 10.0 Å². The van der Waals surface area contributed by atoms with Gasteiger partial charge in [0.2, 0.25) is 0 Å². The largest absolute Gasteiger partial charge is 0.493 e. The monoisotopic (exact) mass is 522 g/mol. The molecule has 0 bridgehead atoms. The second kappa shape index (κ2) is 13.1. The van der Waals surface area contributed by atoms with Crippen molar-refractivity contribution < 1.29 is 9.53 Å². The number of amides is 1. The minimum absolute atomic E-state index is 0.0477. The highest BCUT2D eigenvalue weighted by Crippen LogP contribution is 2.45. The molecule has 1 N–H and O–H groups in total. The Balaban J connectivity index is 0.00000158. The molecule has 0 radical (unpaired) electrons. The maximum Gasteiger partial charge on any atom is 0.261 e. The van der Waals surface area contributed by atoms with E-state index < -0.39 is 0 Å². The van der Waals surface area contributed by atoms with E-state index in [-0.39, 0.29) is 11.9 Å². The Kier molecular flexibility index (Phi) is 10.4. The van der Waals surface area contributed by atoms with Gasteiger partial charge in [0.15, 0.2) is 0 Å². The van der Waals surface area contributed by atoms with E-state index in [1.807, 2.05) is 50.4 Å². The number of nitrogens with zero attached hydrogens (tertiary/aromatic N) is 1. The number of carbonyl (C=O) groups is 1. The van der Waals surface area contributed by atoms with E-state index in [9.17, 15) is 4.79 Å². The molecule has 1 heterocycles. The first-order valence-corrected chi connectivity index (χ1v) is 14.2. The van der Waals surface area contributed by atoms with Gasteiger partial charge >= 0.3 is 0 Å². The summed E-state index contributed by atoms with van der Waals surface area (Å²) < 4.78 is 9.09. The summed E-state index contributed by atoms with van der Waals surface area (Å²) in [5, 5.41) is 1.37. The second-order valence-electron chi connectivity index (χ2n) is 8.83. The van der Waals surface area contributed by atoms with E-state index in [1.165, 1.54) is 30.4 Å². The zero-order valence-electron chi connectivity index (χ0n) is 20.6. The van der Waals surface area contributed by atoms with Gasteiger partial charge in [0, 0.05) is 27.9 Å². The van der Waals surface area contributed by atoms with Crippen LogP contribution in [0.25, 0.3) is 0 Å². The number of benzene rings is 2. The van der Waals surface area contributed by atoms with Gasteiger partial charge in [-0.05, 0) is 105 Å². The van der Waals surface area contributed by atoms with Gasteiger partial charge in [-0.15, -0.1) is 0 Å². The van der Waals surface area contributed by atoms with Crippen LogP contribution in [0.15, 0.2) is 36.4 Å². The van der Waals surface area contributed by atoms with Crippen LogP contribution in [0.4, 0.5) is 0 Å². The third-order valence-electron chi connectivity index (χ3n) is 6.52. The summed E-state index contributed by atoms with van der Waals surface area (Å²) in [4.78, 5) is 14.7. The molecule has 1 aliphatic heterocycles. The first-order chi connectivity index (χ1) is 16.4. The molecular formula is C27H36Cl2N2O2S. The van der Waals surface area contributed by atoms with Crippen molar-refractivity contribution in [2.45, 2.75) is 58.4 Å². The van der Waals surface area contributed by atoms with E-state index in [0.717, 1.165) is 43.9 Å². The summed E-state index contributed by atoms with van der Waals surface area (Å²) in [7, 11) is 0. The first-order valence-electron chi connectivity index (χ1n) is 12.2. The van der Waals surface area contributed by atoms with Crippen molar-refractivity contribution in [3.8, 4) is 5.75 Å². The summed E-state index contributed by atoms with van der Waals surface area (Å²) in [6.07, 6.45) is 6.41. The molecule has 2 fully saturated rings. The molecule has 1 atom stereocenters. The second-order valence-corrected chi connectivity index (χ2v) is 10.3. The van der Waals surface area contributed by atoms with Crippen LogP contribution < -0.4 is 9.46 Å². The molecule has 1 aliphatic carbocycles. The van der Waals surface area contributed by atoms with Crippen LogP contribution in [0, 0.1) is 5.92 Å². The molecule has 1 saturated heterocycles. The van der Waals surface area contributed by atoms with E-state index in [1.54, 1.807) is 6.07 Å². The van der Waals surface area contributed by atoms with Gasteiger partial charge in [0.05, 0.1) is 6.61 Å². The highest BCUT2D eigenvalue weighted by Gasteiger charge is 2.29. The van der Waals surface area contributed by atoms with Crippen molar-refractivity contribution in [2.24, 2.45) is 5.92 Å². The molecule has 186 valence electrons. The predicted molar refractivity (Wildman–Crippen MR) is 145 cm³/mol. The SMILES string of the molecule is CC.CSNC(=O)c1ccc(OCC2CCN(C(C)c3cc(Cl)cc(Cl)c3)CC2)c(C2CC2)c1. The van der Waals surface area contributed by atoms with Gasteiger partial charge < -0.3 is 4.74 Å². The molecule has 2 aromatic rings. The van der Waals surface area contributed by atoms with Crippen molar-refractivity contribution in [1.82, 2.24) is 9.62 Å². The number of nitrogens with one attached hydrogen (secondary N) is 1. The lowest BCUT2D eigenvalue weighted by Crippen LogP contribution is -2.37. The number of piperidine rings is 1. The molecule has 34 heavy (non-hydrogen) atoms. The fourth-order valence-corrected chi connectivity index (χ4v) is 5.27. The molecule has 2 aromatic carbocycles. The van der Waals surface area contributed by atoms with Crippen molar-refractivity contribution in [3.05, 3.63) is 63.1 Å². The Morgan fingerprint density at radius 2 is 1.74 bits per heavy atom. The molecular weight excluding hydrogens is 487 g/mol. The Morgan fingerprint density at radius 1 is 1.09 bits per heavy atom. The lowest BCUT2D eigenvalue weighted by atomic mass is 9.95. The number of likely N-dealkylation sites (tertiary alicyclic amines) is 1. The summed E-state index contributed by atoms with van der Waals surface area (Å²) >= 11 is 13.7. The Bertz CT molecular complexity index is 939. The number of hydrogen-bond donors (Lipinski definition) is 1. The minimum atomic E-state index is -0.0477. The van der Waals surface area contributed by atoms with Crippen LogP contribution in [0.1, 0.15) is 79.9 Å². The fraction of sp³-hybridized carbons (Fsp3) is 0.519. The fourth-order valence-electron chi connectivity index (χ4n) is 4.43. The highest BCUT2D eigenvalue weighted by molar-refractivity contribution is 7.97. The average molecular weight is 524 g/mol. The van der Waals surface area contributed by atoms with Crippen molar-refractivity contribution >= 4 is 41.1 Å². The van der Waals surface area contributed by atoms with Crippen LogP contribution in [-0.2, 0) is 0 Å². The van der Waals surface area contributed by atoms with Gasteiger partial charge in [-0.1, -0.05) is 49.0 Å². The number of carbonyl (C=O) groups excluding carboxylic acids is 1. The zero-order valence-corrected chi connectivity index (χ0v) is 22.9. The summed E-state index contributed by atoms with van der Waals surface area (Å²) in [6.45, 7) is 9.00. The Labute approximate surface area is 218 Å². The molecule has 2 aliphatic rings. The van der Waals surface area contributed by atoms with E-state index in [2.05, 4.69) is 16.5 Å². The predicted octanol–water partition coefficient (Wildman–Crippen LogP) is 7.76. The molecule has 1 unspecified atom stereocenters. The number of rotatable bonds is 8. The third kappa shape index (κ3) is 7.30. The van der Waals surface area contributed by atoms with Gasteiger partial charge in [0.1, 0.15) is 5.75 Å². The molecule has 4 rings (SSSR count). The maximum absolute atomic E-state index is 12.2. The van der Waals surface area contributed by atoms with Crippen LogP contribution in [-0.4, -0.2) is 36.8 Å². The van der Waals surface area contributed by atoms with Gasteiger partial charge in [-0.2, -0.15) is 0 Å². The number of hydrogen-bond acceptors (Lipinski definition) is 4. The molecule has 0 aromatic heterocycles. The summed E-state index contributed by atoms with van der Waals surface area (Å²) in [6, 6.07) is 11.9. The Morgan fingerprint density at radius 3 is 2.32 bits per heavy atom. The van der Waals surface area contributed by atoms with Gasteiger partial charge in [0.25, 0.3) is 5.91 Å². The van der Waals surface area contributed by atoms with Crippen LogP contribution in [0.3, 0.4) is 0 Å². The molecule has 1 saturated carbocycles. The lowest BCUT2D eigenvalue weighted by molar-refractivity contribution is 0.0984. The average Bonchev–Trinajstić information content (AvgIpc) is 3.69. The number of ether oxygens (including phenoxy) is 1. The normalized spacial score (nSPS) is 17.5. The van der Waals surface area contributed by atoms with Crippen molar-refractivity contribution in [3.63, 3.8) is 0 Å². The van der Waals surface area contributed by atoms with Crippen LogP contribution >= 0.6 is 35.1 Å². The van der Waals surface area contributed by atoms with Gasteiger partial charge in [-0.25, -0.2) is 0 Å². The molecule has 0 spiro atoms.